The SMILES string of the molecule is COC(=O)CC1CN(c2ccc(Nc3nccc(Nc4ccnc(-c5cccc(C)n5)n4)n3)cc2)CCN1. The van der Waals surface area contributed by atoms with Gasteiger partial charge >= 0.3 is 5.97 Å². The molecule has 3 N–H and O–H groups in total. The van der Waals surface area contributed by atoms with Crippen LogP contribution in [-0.4, -0.2) is 63.7 Å². The molecule has 0 saturated carbocycles. The first-order chi connectivity index (χ1) is 18.6. The Labute approximate surface area is 220 Å². The molecule has 0 aliphatic carbocycles. The summed E-state index contributed by atoms with van der Waals surface area (Å²) in [5.74, 6) is 1.99. The van der Waals surface area contributed by atoms with Crippen molar-refractivity contribution in [3.8, 4) is 11.5 Å². The zero-order valence-electron chi connectivity index (χ0n) is 21.3. The normalized spacial score (nSPS) is 15.1. The molecule has 0 amide bonds. The number of rotatable bonds is 8. The number of carbonyl (C=O) groups is 1. The first-order valence-corrected chi connectivity index (χ1v) is 12.3. The standard InChI is InChI=1S/C27H29N9O2/c1-18-4-3-5-22(31-18)26-29-12-10-23(34-26)33-24-11-13-30-27(35-24)32-19-6-8-21(9-7-19)36-15-14-28-20(17-36)16-25(37)38-2/h3-13,20,28H,14-17H2,1-2H3,(H2,29,30,32,33,34,35). The van der Waals surface area contributed by atoms with Crippen molar-refractivity contribution in [2.24, 2.45) is 0 Å². The second-order valence-electron chi connectivity index (χ2n) is 8.87. The largest absolute Gasteiger partial charge is 0.469 e. The molecule has 1 fully saturated rings. The zero-order chi connectivity index (χ0) is 26.3. The highest BCUT2D eigenvalue weighted by molar-refractivity contribution is 5.70. The van der Waals surface area contributed by atoms with Crippen molar-refractivity contribution in [1.29, 1.82) is 0 Å². The Morgan fingerprint density at radius 1 is 1.00 bits per heavy atom. The molecule has 4 heterocycles. The van der Waals surface area contributed by atoms with E-state index in [4.69, 9.17) is 4.74 Å². The zero-order valence-corrected chi connectivity index (χ0v) is 21.3. The molecule has 1 aromatic carbocycles. The molecule has 11 heteroatoms. The fourth-order valence-corrected chi connectivity index (χ4v) is 4.20. The molecule has 1 aliphatic rings. The predicted molar refractivity (Wildman–Crippen MR) is 146 cm³/mol. The van der Waals surface area contributed by atoms with E-state index in [0.717, 1.165) is 36.7 Å². The van der Waals surface area contributed by atoms with Gasteiger partial charge in [0.1, 0.15) is 17.3 Å². The van der Waals surface area contributed by atoms with Crippen molar-refractivity contribution in [3.05, 3.63) is 72.7 Å². The second kappa shape index (κ2) is 11.6. The van der Waals surface area contributed by atoms with E-state index < -0.39 is 0 Å². The van der Waals surface area contributed by atoms with Gasteiger partial charge in [0.2, 0.25) is 5.95 Å². The third kappa shape index (κ3) is 6.37. The smallest absolute Gasteiger partial charge is 0.307 e. The number of nitrogens with one attached hydrogen (secondary N) is 3. The Kier molecular flexibility index (Phi) is 7.65. The van der Waals surface area contributed by atoms with Gasteiger partial charge in [-0.1, -0.05) is 6.07 Å². The summed E-state index contributed by atoms with van der Waals surface area (Å²) in [5, 5.41) is 9.84. The Hall–Kier alpha value is -4.64. The van der Waals surface area contributed by atoms with Crippen molar-refractivity contribution in [2.75, 3.05) is 42.3 Å². The van der Waals surface area contributed by atoms with E-state index in [1.807, 2.05) is 49.4 Å². The number of ether oxygens (including phenoxy) is 1. The monoisotopic (exact) mass is 511 g/mol. The predicted octanol–water partition coefficient (Wildman–Crippen LogP) is 3.47. The van der Waals surface area contributed by atoms with Crippen molar-refractivity contribution in [2.45, 2.75) is 19.4 Å². The van der Waals surface area contributed by atoms with Crippen LogP contribution in [0, 0.1) is 6.92 Å². The Balaban J connectivity index is 1.22. The minimum Gasteiger partial charge on any atom is -0.469 e. The summed E-state index contributed by atoms with van der Waals surface area (Å²) in [4.78, 5) is 36.2. The van der Waals surface area contributed by atoms with Gasteiger partial charge in [0, 0.05) is 55.1 Å². The fourth-order valence-electron chi connectivity index (χ4n) is 4.20. The number of methoxy groups -OCH3 is 1. The van der Waals surface area contributed by atoms with Gasteiger partial charge in [-0.05, 0) is 55.5 Å². The van der Waals surface area contributed by atoms with Crippen LogP contribution in [-0.2, 0) is 9.53 Å². The number of nitrogens with zero attached hydrogens (tertiary/aromatic N) is 6. The molecular weight excluding hydrogens is 482 g/mol. The van der Waals surface area contributed by atoms with Gasteiger partial charge in [-0.2, -0.15) is 4.98 Å². The molecule has 1 saturated heterocycles. The summed E-state index contributed by atoms with van der Waals surface area (Å²) in [7, 11) is 1.42. The summed E-state index contributed by atoms with van der Waals surface area (Å²) in [6.07, 6.45) is 3.72. The average Bonchev–Trinajstić information content (AvgIpc) is 2.94. The molecule has 0 spiro atoms. The van der Waals surface area contributed by atoms with E-state index in [1.54, 1.807) is 24.5 Å². The topological polar surface area (TPSA) is 130 Å². The lowest BCUT2D eigenvalue weighted by molar-refractivity contribution is -0.141. The lowest BCUT2D eigenvalue weighted by Gasteiger charge is -2.35. The summed E-state index contributed by atoms with van der Waals surface area (Å²) in [6.45, 7) is 4.35. The lowest BCUT2D eigenvalue weighted by atomic mass is 10.1. The highest BCUT2D eigenvalue weighted by Crippen LogP contribution is 2.23. The lowest BCUT2D eigenvalue weighted by Crippen LogP contribution is -2.51. The molecule has 1 atom stereocenters. The van der Waals surface area contributed by atoms with E-state index in [9.17, 15) is 4.79 Å². The molecule has 38 heavy (non-hydrogen) atoms. The number of carbonyl (C=O) groups excluding carboxylic acids is 1. The van der Waals surface area contributed by atoms with Gasteiger partial charge in [0.25, 0.3) is 0 Å². The van der Waals surface area contributed by atoms with Gasteiger partial charge in [0.15, 0.2) is 5.82 Å². The molecule has 4 aromatic rings. The highest BCUT2D eigenvalue weighted by Gasteiger charge is 2.22. The van der Waals surface area contributed by atoms with Gasteiger partial charge in [-0.25, -0.2) is 19.9 Å². The second-order valence-corrected chi connectivity index (χ2v) is 8.87. The number of piperazine rings is 1. The molecule has 0 bridgehead atoms. The van der Waals surface area contributed by atoms with Crippen LogP contribution in [0.1, 0.15) is 12.1 Å². The summed E-state index contributed by atoms with van der Waals surface area (Å²) in [5.41, 5.74) is 3.56. The van der Waals surface area contributed by atoms with Crippen molar-refractivity contribution < 1.29 is 9.53 Å². The van der Waals surface area contributed by atoms with E-state index in [1.165, 1.54) is 7.11 Å². The van der Waals surface area contributed by atoms with Crippen LogP contribution in [0.4, 0.5) is 29.0 Å². The van der Waals surface area contributed by atoms with Gasteiger partial charge in [-0.3, -0.25) is 4.79 Å². The van der Waals surface area contributed by atoms with Gasteiger partial charge < -0.3 is 25.6 Å². The van der Waals surface area contributed by atoms with E-state index in [2.05, 4.69) is 45.8 Å². The molecule has 1 aliphatic heterocycles. The van der Waals surface area contributed by atoms with Crippen molar-refractivity contribution >= 4 is 34.9 Å². The van der Waals surface area contributed by atoms with E-state index in [0.29, 0.717) is 35.5 Å². The summed E-state index contributed by atoms with van der Waals surface area (Å²) in [6, 6.07) is 17.4. The van der Waals surface area contributed by atoms with Gasteiger partial charge in [0.05, 0.1) is 13.5 Å². The number of esters is 1. The summed E-state index contributed by atoms with van der Waals surface area (Å²) >= 11 is 0. The number of pyridine rings is 1. The minimum atomic E-state index is -0.205. The number of aryl methyl sites for hydroxylation is 1. The van der Waals surface area contributed by atoms with Crippen LogP contribution in [0.2, 0.25) is 0 Å². The number of anilines is 5. The average molecular weight is 512 g/mol. The van der Waals surface area contributed by atoms with Crippen molar-refractivity contribution in [3.63, 3.8) is 0 Å². The van der Waals surface area contributed by atoms with Gasteiger partial charge in [-0.15, -0.1) is 0 Å². The maximum absolute atomic E-state index is 11.6. The number of hydrogen-bond donors (Lipinski definition) is 3. The molecule has 0 radical (unpaired) electrons. The molecule has 5 rings (SSSR count). The third-order valence-electron chi connectivity index (χ3n) is 6.07. The van der Waals surface area contributed by atoms with Crippen LogP contribution in [0.5, 0.6) is 0 Å². The van der Waals surface area contributed by atoms with Crippen LogP contribution >= 0.6 is 0 Å². The Bertz CT molecular complexity index is 1400. The highest BCUT2D eigenvalue weighted by atomic mass is 16.5. The Morgan fingerprint density at radius 2 is 1.79 bits per heavy atom. The molecule has 1 unspecified atom stereocenters. The maximum atomic E-state index is 11.6. The Morgan fingerprint density at radius 3 is 2.58 bits per heavy atom. The molecule has 3 aromatic heterocycles. The fraction of sp³-hybridized carbons (Fsp3) is 0.259. The quantitative estimate of drug-likeness (QED) is 0.301. The van der Waals surface area contributed by atoms with Crippen LogP contribution in [0.25, 0.3) is 11.5 Å². The van der Waals surface area contributed by atoms with E-state index in [-0.39, 0.29) is 12.0 Å². The number of benzene rings is 1. The first-order valence-electron chi connectivity index (χ1n) is 12.3. The first kappa shape index (κ1) is 25.0. The summed E-state index contributed by atoms with van der Waals surface area (Å²) < 4.78 is 4.80. The van der Waals surface area contributed by atoms with Crippen molar-refractivity contribution in [1.82, 2.24) is 30.2 Å². The minimum absolute atomic E-state index is 0.0664. The van der Waals surface area contributed by atoms with Crippen LogP contribution < -0.4 is 20.9 Å². The van der Waals surface area contributed by atoms with Crippen LogP contribution in [0.3, 0.4) is 0 Å². The maximum Gasteiger partial charge on any atom is 0.307 e. The molecule has 194 valence electrons. The van der Waals surface area contributed by atoms with Crippen LogP contribution in [0.15, 0.2) is 67.0 Å². The van der Waals surface area contributed by atoms with E-state index >= 15 is 0 Å². The number of hydrogen-bond acceptors (Lipinski definition) is 11. The number of aromatic nitrogens is 5. The molecule has 11 nitrogen and oxygen atoms in total. The molecular formula is C27H29N9O2. The third-order valence-corrected chi connectivity index (χ3v) is 6.07.